The van der Waals surface area contributed by atoms with Gasteiger partial charge in [0, 0.05) is 22.1 Å². The van der Waals surface area contributed by atoms with Gasteiger partial charge in [0.25, 0.3) is 0 Å². The maximum atomic E-state index is 8.31. The fraction of sp³-hybridized carbons (Fsp3) is 0.235. The van der Waals surface area contributed by atoms with Crippen LogP contribution < -0.4 is 10.2 Å². The van der Waals surface area contributed by atoms with Crippen LogP contribution in [-0.4, -0.2) is 19.3 Å². The van der Waals surface area contributed by atoms with Crippen molar-refractivity contribution in [1.29, 1.82) is 5.41 Å². The minimum atomic E-state index is 0.340. The average Bonchev–Trinajstić information content (AvgIpc) is 2.54. The summed E-state index contributed by atoms with van der Waals surface area (Å²) in [4.78, 5) is 3.02. The zero-order valence-corrected chi connectivity index (χ0v) is 15.4. The highest BCUT2D eigenvalue weighted by Gasteiger charge is 2.11. The van der Waals surface area contributed by atoms with E-state index < -0.39 is 0 Å². The van der Waals surface area contributed by atoms with E-state index in [0.717, 1.165) is 22.3 Å². The summed E-state index contributed by atoms with van der Waals surface area (Å²) in [5.74, 6) is 0.340. The largest absolute Gasteiger partial charge is 0.326 e. The number of thioether (sulfide) groups is 1. The van der Waals surface area contributed by atoms with Crippen molar-refractivity contribution >= 4 is 45.0 Å². The fourth-order valence-corrected chi connectivity index (χ4v) is 3.05. The normalized spacial score (nSPS) is 10.4. The fourth-order valence-electron chi connectivity index (χ4n) is 2.08. The number of guanidine groups is 1. The van der Waals surface area contributed by atoms with Crippen LogP contribution in [0.3, 0.4) is 0 Å². The molecule has 0 saturated heterocycles. The van der Waals surface area contributed by atoms with Crippen LogP contribution in [0.1, 0.15) is 12.5 Å². The lowest BCUT2D eigenvalue weighted by molar-refractivity contribution is 1.12. The average molecular weight is 378 g/mol. The molecular formula is C17H20BrN3S. The van der Waals surface area contributed by atoms with E-state index in [1.165, 1.54) is 10.5 Å². The number of hydrogen-bond donors (Lipinski definition) is 2. The first-order valence-electron chi connectivity index (χ1n) is 7.07. The maximum Gasteiger partial charge on any atom is 0.199 e. The summed E-state index contributed by atoms with van der Waals surface area (Å²) in [6.45, 7) is 2.13. The van der Waals surface area contributed by atoms with Crippen LogP contribution in [-0.2, 0) is 6.42 Å². The van der Waals surface area contributed by atoms with Crippen LogP contribution >= 0.6 is 27.7 Å². The van der Waals surface area contributed by atoms with Gasteiger partial charge in [-0.25, -0.2) is 0 Å². The Labute approximate surface area is 144 Å². The molecule has 0 radical (unpaired) electrons. The second-order valence-corrected chi connectivity index (χ2v) is 6.64. The van der Waals surface area contributed by atoms with Crippen molar-refractivity contribution in [2.75, 3.05) is 23.5 Å². The van der Waals surface area contributed by atoms with Crippen molar-refractivity contribution in [2.24, 2.45) is 0 Å². The number of aryl methyl sites for hydroxylation is 1. The van der Waals surface area contributed by atoms with Gasteiger partial charge in [-0.1, -0.05) is 19.1 Å². The molecule has 0 atom stereocenters. The lowest BCUT2D eigenvalue weighted by Crippen LogP contribution is -2.32. The predicted octanol–water partition coefficient (Wildman–Crippen LogP) is 5.22. The van der Waals surface area contributed by atoms with E-state index >= 15 is 0 Å². The Morgan fingerprint density at radius 3 is 2.73 bits per heavy atom. The summed E-state index contributed by atoms with van der Waals surface area (Å²) in [7, 11) is 1.90. The van der Waals surface area contributed by atoms with Gasteiger partial charge >= 0.3 is 0 Å². The third kappa shape index (κ3) is 4.05. The summed E-state index contributed by atoms with van der Waals surface area (Å²) in [6, 6.07) is 14.3. The molecular weight excluding hydrogens is 358 g/mol. The number of hydrogen-bond acceptors (Lipinski definition) is 2. The third-order valence-corrected chi connectivity index (χ3v) is 4.84. The van der Waals surface area contributed by atoms with E-state index in [-0.39, 0.29) is 0 Å². The number of benzene rings is 2. The van der Waals surface area contributed by atoms with Crippen LogP contribution in [0.5, 0.6) is 0 Å². The van der Waals surface area contributed by atoms with Crippen LogP contribution in [0.2, 0.25) is 0 Å². The summed E-state index contributed by atoms with van der Waals surface area (Å²) in [6.07, 6.45) is 3.02. The van der Waals surface area contributed by atoms with Gasteiger partial charge in [-0.05, 0) is 64.5 Å². The molecule has 22 heavy (non-hydrogen) atoms. The van der Waals surface area contributed by atoms with E-state index in [4.69, 9.17) is 5.41 Å². The zero-order valence-electron chi connectivity index (χ0n) is 13.0. The number of rotatable bonds is 4. The Morgan fingerprint density at radius 2 is 2.05 bits per heavy atom. The van der Waals surface area contributed by atoms with Gasteiger partial charge in [0.15, 0.2) is 5.96 Å². The van der Waals surface area contributed by atoms with Gasteiger partial charge in [-0.15, -0.1) is 11.8 Å². The molecule has 3 nitrogen and oxygen atoms in total. The Balaban J connectivity index is 2.18. The summed E-state index contributed by atoms with van der Waals surface area (Å²) in [5, 5.41) is 11.5. The van der Waals surface area contributed by atoms with Crippen LogP contribution in [0.4, 0.5) is 11.4 Å². The summed E-state index contributed by atoms with van der Waals surface area (Å²) >= 11 is 5.26. The lowest BCUT2D eigenvalue weighted by Gasteiger charge is -2.23. The molecule has 116 valence electrons. The molecule has 0 unspecified atom stereocenters. The monoisotopic (exact) mass is 377 g/mol. The quantitative estimate of drug-likeness (QED) is 0.436. The van der Waals surface area contributed by atoms with Gasteiger partial charge < -0.3 is 10.2 Å². The van der Waals surface area contributed by atoms with Crippen molar-refractivity contribution in [2.45, 2.75) is 18.2 Å². The Kier molecular flexibility index (Phi) is 5.91. The Bertz CT molecular complexity index is 673. The topological polar surface area (TPSA) is 39.1 Å². The van der Waals surface area contributed by atoms with Crippen molar-refractivity contribution in [3.63, 3.8) is 0 Å². The molecule has 2 aromatic rings. The molecule has 0 aromatic heterocycles. The molecule has 0 spiro atoms. The highest BCUT2D eigenvalue weighted by Crippen LogP contribution is 2.27. The molecule has 0 saturated carbocycles. The Morgan fingerprint density at radius 1 is 1.27 bits per heavy atom. The Hall–Kier alpha value is -1.46. The SMILES string of the molecule is CCc1ccc(Br)c(N(C)C(=N)Nc2cccc(SC)c2)c1. The third-order valence-electron chi connectivity index (χ3n) is 3.45. The number of nitrogens with one attached hydrogen (secondary N) is 2. The summed E-state index contributed by atoms with van der Waals surface area (Å²) in [5.41, 5.74) is 3.16. The molecule has 0 aliphatic heterocycles. The van der Waals surface area contributed by atoms with E-state index in [2.05, 4.69) is 46.4 Å². The van der Waals surface area contributed by atoms with Gasteiger partial charge in [-0.3, -0.25) is 5.41 Å². The van der Waals surface area contributed by atoms with E-state index in [1.807, 2.05) is 42.5 Å². The van der Waals surface area contributed by atoms with Crippen LogP contribution in [0.25, 0.3) is 0 Å². The number of halogens is 1. The lowest BCUT2D eigenvalue weighted by atomic mass is 10.1. The molecule has 0 aliphatic rings. The number of anilines is 2. The standard InChI is InChI=1S/C17H20BrN3S/c1-4-12-8-9-15(18)16(10-12)21(2)17(19)20-13-6-5-7-14(11-13)22-3/h5-11H,4H2,1-3H3,(H2,19,20). The molecule has 0 heterocycles. The van der Waals surface area contributed by atoms with Crippen molar-refractivity contribution in [3.05, 3.63) is 52.5 Å². The van der Waals surface area contributed by atoms with Crippen molar-refractivity contribution in [3.8, 4) is 0 Å². The molecule has 5 heteroatoms. The second kappa shape index (κ2) is 7.70. The van der Waals surface area contributed by atoms with Crippen molar-refractivity contribution < 1.29 is 0 Å². The molecule has 2 aromatic carbocycles. The minimum Gasteiger partial charge on any atom is -0.326 e. The van der Waals surface area contributed by atoms with Gasteiger partial charge in [0.05, 0.1) is 5.69 Å². The van der Waals surface area contributed by atoms with Crippen LogP contribution in [0, 0.1) is 5.41 Å². The molecule has 0 amide bonds. The zero-order chi connectivity index (χ0) is 16.1. The van der Waals surface area contributed by atoms with E-state index in [1.54, 1.807) is 11.8 Å². The minimum absolute atomic E-state index is 0.340. The molecule has 0 aliphatic carbocycles. The first-order valence-corrected chi connectivity index (χ1v) is 9.08. The first kappa shape index (κ1) is 16.9. The predicted molar refractivity (Wildman–Crippen MR) is 101 cm³/mol. The molecule has 2 N–H and O–H groups in total. The molecule has 0 bridgehead atoms. The van der Waals surface area contributed by atoms with Gasteiger partial charge in [0.1, 0.15) is 0 Å². The van der Waals surface area contributed by atoms with Crippen molar-refractivity contribution in [1.82, 2.24) is 0 Å². The van der Waals surface area contributed by atoms with E-state index in [0.29, 0.717) is 5.96 Å². The van der Waals surface area contributed by atoms with Gasteiger partial charge in [0.2, 0.25) is 0 Å². The van der Waals surface area contributed by atoms with Gasteiger partial charge in [-0.2, -0.15) is 0 Å². The maximum absolute atomic E-state index is 8.31. The highest BCUT2D eigenvalue weighted by molar-refractivity contribution is 9.10. The highest BCUT2D eigenvalue weighted by atomic mass is 79.9. The number of nitrogens with zero attached hydrogens (tertiary/aromatic N) is 1. The molecule has 2 rings (SSSR count). The smallest absolute Gasteiger partial charge is 0.199 e. The van der Waals surface area contributed by atoms with Crippen LogP contribution in [0.15, 0.2) is 51.8 Å². The molecule has 0 fully saturated rings. The summed E-state index contributed by atoms with van der Waals surface area (Å²) < 4.78 is 0.983. The van der Waals surface area contributed by atoms with E-state index in [9.17, 15) is 0 Å². The second-order valence-electron chi connectivity index (χ2n) is 4.90. The first-order chi connectivity index (χ1) is 10.5.